The van der Waals surface area contributed by atoms with Crippen molar-refractivity contribution in [1.82, 2.24) is 10.3 Å². The Morgan fingerprint density at radius 3 is 2.38 bits per heavy atom. The number of hydrogen-bond acceptors (Lipinski definition) is 3. The highest BCUT2D eigenvalue weighted by Gasteiger charge is 2.28. The summed E-state index contributed by atoms with van der Waals surface area (Å²) in [6, 6.07) is 19.5. The quantitative estimate of drug-likeness (QED) is 0.469. The molecule has 0 atom stereocenters. The summed E-state index contributed by atoms with van der Waals surface area (Å²) in [5.41, 5.74) is 5.61. The van der Waals surface area contributed by atoms with Gasteiger partial charge in [0.2, 0.25) is 5.95 Å². The van der Waals surface area contributed by atoms with Gasteiger partial charge in [0.05, 0.1) is 0 Å². The van der Waals surface area contributed by atoms with E-state index in [0.29, 0.717) is 19.6 Å². The molecule has 0 saturated carbocycles. The number of rotatable bonds is 6. The van der Waals surface area contributed by atoms with Crippen molar-refractivity contribution in [3.05, 3.63) is 95.6 Å². The van der Waals surface area contributed by atoms with Crippen LogP contribution in [0.25, 0.3) is 17.2 Å². The third-order valence-corrected chi connectivity index (χ3v) is 4.98. The van der Waals surface area contributed by atoms with E-state index in [4.69, 9.17) is 4.74 Å². The number of alkyl carbamates (subject to hydrolysis) is 1. The van der Waals surface area contributed by atoms with Crippen LogP contribution in [0.4, 0.5) is 9.18 Å². The molecular formula is C24H21FN2O2. The fourth-order valence-electron chi connectivity index (χ4n) is 3.61. The molecule has 0 fully saturated rings. The predicted octanol–water partition coefficient (Wildman–Crippen LogP) is 5.16. The highest BCUT2D eigenvalue weighted by atomic mass is 19.1. The molecule has 1 amide bonds. The molecule has 0 saturated heterocycles. The summed E-state index contributed by atoms with van der Waals surface area (Å²) in [6.45, 7) is 0.763. The maximum absolute atomic E-state index is 12.8. The van der Waals surface area contributed by atoms with E-state index in [9.17, 15) is 9.18 Å². The minimum Gasteiger partial charge on any atom is -0.449 e. The second-order valence-electron chi connectivity index (χ2n) is 6.86. The van der Waals surface area contributed by atoms with Crippen LogP contribution < -0.4 is 5.32 Å². The Bertz CT molecular complexity index is 986. The van der Waals surface area contributed by atoms with Gasteiger partial charge in [-0.25, -0.2) is 9.78 Å². The Morgan fingerprint density at radius 2 is 1.72 bits per heavy atom. The van der Waals surface area contributed by atoms with Crippen molar-refractivity contribution in [1.29, 1.82) is 0 Å². The summed E-state index contributed by atoms with van der Waals surface area (Å²) >= 11 is 0. The molecule has 5 heteroatoms. The van der Waals surface area contributed by atoms with Gasteiger partial charge in [-0.1, -0.05) is 60.7 Å². The number of benzene rings is 2. The van der Waals surface area contributed by atoms with Crippen molar-refractivity contribution in [3.8, 4) is 11.1 Å². The first-order valence-electron chi connectivity index (χ1n) is 9.59. The van der Waals surface area contributed by atoms with Gasteiger partial charge in [-0.05, 0) is 46.4 Å². The lowest BCUT2D eigenvalue weighted by Crippen LogP contribution is -2.26. The monoisotopic (exact) mass is 388 g/mol. The molecular weight excluding hydrogens is 367 g/mol. The van der Waals surface area contributed by atoms with Gasteiger partial charge >= 0.3 is 6.09 Å². The SMILES string of the molecule is O=C(NCCC=Cc1ccc(F)nc1)OCC1c2ccccc2-c2ccccc21. The molecule has 1 aromatic heterocycles. The molecule has 0 radical (unpaired) electrons. The largest absolute Gasteiger partial charge is 0.449 e. The maximum atomic E-state index is 12.8. The van der Waals surface area contributed by atoms with E-state index in [-0.39, 0.29) is 5.92 Å². The average molecular weight is 388 g/mol. The van der Waals surface area contributed by atoms with Gasteiger partial charge in [-0.15, -0.1) is 0 Å². The number of carbonyl (C=O) groups excluding carboxylic acids is 1. The van der Waals surface area contributed by atoms with E-state index in [1.165, 1.54) is 34.5 Å². The number of nitrogens with zero attached hydrogens (tertiary/aromatic N) is 1. The molecule has 1 aliphatic carbocycles. The van der Waals surface area contributed by atoms with Crippen LogP contribution in [0.1, 0.15) is 29.0 Å². The molecule has 1 aliphatic rings. The van der Waals surface area contributed by atoms with E-state index in [0.717, 1.165) is 5.56 Å². The van der Waals surface area contributed by atoms with Crippen LogP contribution >= 0.6 is 0 Å². The fourth-order valence-corrected chi connectivity index (χ4v) is 3.61. The predicted molar refractivity (Wildman–Crippen MR) is 111 cm³/mol. The molecule has 4 nitrogen and oxygen atoms in total. The van der Waals surface area contributed by atoms with Crippen LogP contribution in [-0.4, -0.2) is 24.2 Å². The Hall–Kier alpha value is -3.47. The summed E-state index contributed by atoms with van der Waals surface area (Å²) in [6.07, 6.45) is 5.42. The third-order valence-electron chi connectivity index (χ3n) is 4.98. The van der Waals surface area contributed by atoms with E-state index in [1.54, 1.807) is 6.07 Å². The number of amides is 1. The smallest absolute Gasteiger partial charge is 0.407 e. The molecule has 4 rings (SSSR count). The minimum atomic E-state index is -0.501. The van der Waals surface area contributed by atoms with Gasteiger partial charge in [-0.3, -0.25) is 0 Å². The Balaban J connectivity index is 1.27. The summed E-state index contributed by atoms with van der Waals surface area (Å²) in [4.78, 5) is 15.7. The first-order valence-corrected chi connectivity index (χ1v) is 9.59. The number of nitrogens with one attached hydrogen (secondary N) is 1. The van der Waals surface area contributed by atoms with E-state index in [2.05, 4.69) is 34.6 Å². The second kappa shape index (κ2) is 8.69. The van der Waals surface area contributed by atoms with Crippen LogP contribution in [0.3, 0.4) is 0 Å². The molecule has 0 aliphatic heterocycles. The lowest BCUT2D eigenvalue weighted by Gasteiger charge is -2.14. The zero-order valence-electron chi connectivity index (χ0n) is 15.8. The van der Waals surface area contributed by atoms with Gasteiger partial charge in [0.15, 0.2) is 0 Å². The van der Waals surface area contributed by atoms with Crippen LogP contribution in [0.15, 0.2) is 72.9 Å². The van der Waals surface area contributed by atoms with Gasteiger partial charge in [0, 0.05) is 18.7 Å². The number of carbonyl (C=O) groups is 1. The van der Waals surface area contributed by atoms with Crippen molar-refractivity contribution >= 4 is 12.2 Å². The van der Waals surface area contributed by atoms with Crippen molar-refractivity contribution < 1.29 is 13.9 Å². The van der Waals surface area contributed by atoms with Gasteiger partial charge in [0.1, 0.15) is 6.61 Å². The lowest BCUT2D eigenvalue weighted by atomic mass is 9.98. The summed E-state index contributed by atoms with van der Waals surface area (Å²) in [7, 11) is 0. The standard InChI is InChI=1S/C24H21FN2O2/c25-23-13-12-17(15-27-23)7-5-6-14-26-24(28)29-16-22-20-10-3-1-8-18(20)19-9-2-4-11-21(19)22/h1-5,7-13,15,22H,6,14,16H2,(H,26,28). The number of hydrogen-bond donors (Lipinski definition) is 1. The molecule has 29 heavy (non-hydrogen) atoms. The molecule has 1 heterocycles. The Morgan fingerprint density at radius 1 is 1.03 bits per heavy atom. The summed E-state index contributed by atoms with van der Waals surface area (Å²) < 4.78 is 18.3. The molecule has 146 valence electrons. The van der Waals surface area contributed by atoms with E-state index >= 15 is 0 Å². The van der Waals surface area contributed by atoms with E-state index < -0.39 is 12.0 Å². The normalized spacial score (nSPS) is 12.6. The van der Waals surface area contributed by atoms with Gasteiger partial charge in [-0.2, -0.15) is 4.39 Å². The van der Waals surface area contributed by atoms with Crippen LogP contribution in [0.2, 0.25) is 0 Å². The number of aromatic nitrogens is 1. The first kappa shape index (κ1) is 18.9. The number of ether oxygens (including phenoxy) is 1. The number of pyridine rings is 1. The van der Waals surface area contributed by atoms with Crippen LogP contribution in [0.5, 0.6) is 0 Å². The lowest BCUT2D eigenvalue weighted by molar-refractivity contribution is 0.143. The van der Waals surface area contributed by atoms with Crippen LogP contribution in [0, 0.1) is 5.95 Å². The highest BCUT2D eigenvalue weighted by molar-refractivity contribution is 5.79. The van der Waals surface area contributed by atoms with Crippen molar-refractivity contribution in [2.24, 2.45) is 0 Å². The number of halogens is 1. The minimum absolute atomic E-state index is 0.0546. The second-order valence-corrected chi connectivity index (χ2v) is 6.86. The molecule has 1 N–H and O–H groups in total. The zero-order chi connectivity index (χ0) is 20.1. The Labute approximate surface area is 169 Å². The molecule has 0 bridgehead atoms. The van der Waals surface area contributed by atoms with Crippen LogP contribution in [-0.2, 0) is 4.74 Å². The van der Waals surface area contributed by atoms with Gasteiger partial charge in [0.25, 0.3) is 0 Å². The third kappa shape index (κ3) is 4.35. The summed E-state index contributed by atoms with van der Waals surface area (Å²) in [5.74, 6) is -0.446. The van der Waals surface area contributed by atoms with Crippen molar-refractivity contribution in [3.63, 3.8) is 0 Å². The summed E-state index contributed by atoms with van der Waals surface area (Å²) in [5, 5.41) is 2.76. The number of fused-ring (bicyclic) bond motifs is 3. The maximum Gasteiger partial charge on any atom is 0.407 e. The first-order chi connectivity index (χ1) is 14.2. The molecule has 0 unspecified atom stereocenters. The topological polar surface area (TPSA) is 51.2 Å². The molecule has 3 aromatic rings. The molecule has 2 aromatic carbocycles. The van der Waals surface area contributed by atoms with E-state index in [1.807, 2.05) is 36.4 Å². The highest BCUT2D eigenvalue weighted by Crippen LogP contribution is 2.44. The van der Waals surface area contributed by atoms with Crippen molar-refractivity contribution in [2.45, 2.75) is 12.3 Å². The zero-order valence-corrected chi connectivity index (χ0v) is 15.8. The van der Waals surface area contributed by atoms with Crippen molar-refractivity contribution in [2.75, 3.05) is 13.2 Å². The van der Waals surface area contributed by atoms with Gasteiger partial charge < -0.3 is 10.1 Å². The average Bonchev–Trinajstić information content (AvgIpc) is 3.07. The Kier molecular flexibility index (Phi) is 5.66. The fraction of sp³-hybridized carbons (Fsp3) is 0.167. The molecule has 0 spiro atoms.